The number of guanidine groups is 2. The quantitative estimate of drug-likeness (QED) is 0.314. The van der Waals surface area contributed by atoms with Gasteiger partial charge in [0.15, 0.2) is 11.9 Å². The van der Waals surface area contributed by atoms with E-state index in [1.54, 1.807) is 12.1 Å². The largest absolute Gasteiger partial charge is 0.370 e. The van der Waals surface area contributed by atoms with E-state index in [9.17, 15) is 4.79 Å². The second-order valence-electron chi connectivity index (χ2n) is 7.58. The molecule has 3 rings (SSSR count). The number of carbonyl (C=O) groups is 1. The van der Waals surface area contributed by atoms with Gasteiger partial charge in [-0.25, -0.2) is 0 Å². The molecule has 0 aliphatic carbocycles. The topological polar surface area (TPSA) is 144 Å². The minimum Gasteiger partial charge on any atom is -0.370 e. The van der Waals surface area contributed by atoms with Gasteiger partial charge >= 0.3 is 0 Å². The van der Waals surface area contributed by atoms with E-state index >= 15 is 0 Å². The number of hydrogen-bond donors (Lipinski definition) is 6. The molecule has 162 valence electrons. The maximum atomic E-state index is 12.6. The minimum absolute atomic E-state index is 0.0462. The van der Waals surface area contributed by atoms with Gasteiger partial charge in [0.2, 0.25) is 0 Å². The molecule has 1 aliphatic heterocycles. The number of carbonyl (C=O) groups excluding carboxylic acids is 1. The Morgan fingerprint density at radius 2 is 1.87 bits per heavy atom. The summed E-state index contributed by atoms with van der Waals surface area (Å²) in [5.74, 6) is -0.101. The summed E-state index contributed by atoms with van der Waals surface area (Å²) in [6.07, 6.45) is 3.67. The van der Waals surface area contributed by atoms with Crippen molar-refractivity contribution in [2.75, 3.05) is 25.0 Å². The second-order valence-corrected chi connectivity index (χ2v) is 7.58. The van der Waals surface area contributed by atoms with Crippen molar-refractivity contribution in [1.29, 1.82) is 10.8 Å². The molecule has 0 saturated carbocycles. The third kappa shape index (κ3) is 5.85. The maximum absolute atomic E-state index is 12.6. The molecule has 0 saturated heterocycles. The van der Waals surface area contributed by atoms with Gasteiger partial charge in [0.1, 0.15) is 0 Å². The Balaban J connectivity index is 1.61. The SMILES string of the molecule is Cc1cc(NC(=O)c2ccc(CCNC(=N)N)cc2)ccc1C1=CCN(C(=N)N)CC1. The van der Waals surface area contributed by atoms with Crippen molar-refractivity contribution in [2.45, 2.75) is 19.8 Å². The van der Waals surface area contributed by atoms with E-state index in [4.69, 9.17) is 22.3 Å². The van der Waals surface area contributed by atoms with Crippen LogP contribution in [0.25, 0.3) is 5.57 Å². The van der Waals surface area contributed by atoms with Crippen molar-refractivity contribution < 1.29 is 4.79 Å². The average Bonchev–Trinajstić information content (AvgIpc) is 2.74. The molecule has 2 aromatic carbocycles. The molecule has 0 radical (unpaired) electrons. The molecule has 31 heavy (non-hydrogen) atoms. The summed E-state index contributed by atoms with van der Waals surface area (Å²) in [6, 6.07) is 13.3. The molecule has 0 spiro atoms. The fourth-order valence-corrected chi connectivity index (χ4v) is 3.60. The molecule has 8 heteroatoms. The number of anilines is 1. The van der Waals surface area contributed by atoms with Crippen LogP contribution in [0.5, 0.6) is 0 Å². The first-order valence-corrected chi connectivity index (χ1v) is 10.2. The summed E-state index contributed by atoms with van der Waals surface area (Å²) in [4.78, 5) is 14.4. The van der Waals surface area contributed by atoms with E-state index < -0.39 is 0 Å². The van der Waals surface area contributed by atoms with Crippen LogP contribution in [0, 0.1) is 17.7 Å². The van der Waals surface area contributed by atoms with Gasteiger partial charge in [-0.2, -0.15) is 0 Å². The van der Waals surface area contributed by atoms with Crippen LogP contribution >= 0.6 is 0 Å². The van der Waals surface area contributed by atoms with E-state index in [0.717, 1.165) is 41.8 Å². The van der Waals surface area contributed by atoms with E-state index in [2.05, 4.69) is 16.7 Å². The number of nitrogens with zero attached hydrogens (tertiary/aromatic N) is 1. The Hall–Kier alpha value is -3.81. The first-order valence-electron chi connectivity index (χ1n) is 10.2. The maximum Gasteiger partial charge on any atom is 0.255 e. The third-order valence-corrected chi connectivity index (χ3v) is 5.33. The molecule has 1 aliphatic rings. The number of aryl methyl sites for hydroxylation is 1. The molecule has 1 amide bonds. The van der Waals surface area contributed by atoms with Gasteiger partial charge in [-0.3, -0.25) is 15.6 Å². The van der Waals surface area contributed by atoms with Crippen molar-refractivity contribution >= 4 is 29.1 Å². The van der Waals surface area contributed by atoms with Gasteiger partial charge in [-0.05, 0) is 66.3 Å². The van der Waals surface area contributed by atoms with Gasteiger partial charge in [-0.15, -0.1) is 0 Å². The van der Waals surface area contributed by atoms with Gasteiger partial charge in [0, 0.05) is 30.9 Å². The zero-order chi connectivity index (χ0) is 22.4. The van der Waals surface area contributed by atoms with Crippen molar-refractivity contribution in [3.63, 3.8) is 0 Å². The van der Waals surface area contributed by atoms with Gasteiger partial charge in [0.05, 0.1) is 0 Å². The van der Waals surface area contributed by atoms with Crippen LogP contribution in [0.1, 0.15) is 33.5 Å². The number of hydrogen-bond acceptors (Lipinski definition) is 3. The summed E-state index contributed by atoms with van der Waals surface area (Å²) >= 11 is 0. The number of benzene rings is 2. The lowest BCUT2D eigenvalue weighted by Gasteiger charge is -2.27. The zero-order valence-electron chi connectivity index (χ0n) is 17.7. The monoisotopic (exact) mass is 419 g/mol. The number of nitrogens with one attached hydrogen (secondary N) is 4. The molecule has 0 bridgehead atoms. The standard InChI is InChI=1S/C23H29N7O/c1-15-14-19(6-7-20(15)17-9-12-30(13-10-17)23(26)27)29-21(31)18-4-2-16(3-5-18)8-11-28-22(24)25/h2-7,9,14H,8,10-13H2,1H3,(H3,26,27)(H,29,31)(H4,24,25,28). The summed E-state index contributed by atoms with van der Waals surface area (Å²) < 4.78 is 0. The van der Waals surface area contributed by atoms with Crippen LogP contribution in [0.4, 0.5) is 5.69 Å². The molecule has 0 aromatic heterocycles. The Bertz CT molecular complexity index is 1010. The van der Waals surface area contributed by atoms with Crippen LogP contribution in [-0.2, 0) is 6.42 Å². The highest BCUT2D eigenvalue weighted by molar-refractivity contribution is 6.04. The second kappa shape index (κ2) is 9.80. The molecule has 8 nitrogen and oxygen atoms in total. The Labute approximate surface area is 182 Å². The zero-order valence-corrected chi connectivity index (χ0v) is 17.7. The molecule has 0 atom stereocenters. The van der Waals surface area contributed by atoms with Crippen LogP contribution in [0.15, 0.2) is 48.5 Å². The van der Waals surface area contributed by atoms with Crippen molar-refractivity contribution in [1.82, 2.24) is 10.2 Å². The predicted octanol–water partition coefficient (Wildman–Crippen LogP) is 2.26. The molecule has 0 fully saturated rings. The van der Waals surface area contributed by atoms with Gasteiger partial charge in [-0.1, -0.05) is 24.3 Å². The van der Waals surface area contributed by atoms with Crippen LogP contribution in [0.2, 0.25) is 0 Å². The fraction of sp³-hybridized carbons (Fsp3) is 0.261. The van der Waals surface area contributed by atoms with E-state index in [1.807, 2.05) is 42.2 Å². The lowest BCUT2D eigenvalue weighted by Crippen LogP contribution is -2.39. The molecule has 8 N–H and O–H groups in total. The highest BCUT2D eigenvalue weighted by Crippen LogP contribution is 2.27. The Morgan fingerprint density at radius 1 is 1.13 bits per heavy atom. The number of amides is 1. The summed E-state index contributed by atoms with van der Waals surface area (Å²) in [5, 5.41) is 20.4. The van der Waals surface area contributed by atoms with Crippen LogP contribution in [0.3, 0.4) is 0 Å². The molecule has 1 heterocycles. The van der Waals surface area contributed by atoms with Crippen LogP contribution in [-0.4, -0.2) is 42.4 Å². The van der Waals surface area contributed by atoms with E-state index in [1.165, 1.54) is 5.57 Å². The number of nitrogens with two attached hydrogens (primary N) is 2. The highest BCUT2D eigenvalue weighted by atomic mass is 16.1. The summed E-state index contributed by atoms with van der Waals surface area (Å²) in [5.41, 5.74) is 16.7. The summed E-state index contributed by atoms with van der Waals surface area (Å²) in [6.45, 7) is 3.99. The average molecular weight is 420 g/mol. The molecular formula is C23H29N7O. The lowest BCUT2D eigenvalue weighted by atomic mass is 9.95. The Kier molecular flexibility index (Phi) is 6.92. The molecule has 0 unspecified atom stereocenters. The third-order valence-electron chi connectivity index (χ3n) is 5.33. The van der Waals surface area contributed by atoms with Crippen molar-refractivity contribution in [3.05, 3.63) is 70.8 Å². The Morgan fingerprint density at radius 3 is 2.45 bits per heavy atom. The lowest BCUT2D eigenvalue weighted by molar-refractivity contribution is 0.102. The first-order chi connectivity index (χ1) is 14.8. The molecule has 2 aromatic rings. The first kappa shape index (κ1) is 21.9. The summed E-state index contributed by atoms with van der Waals surface area (Å²) in [7, 11) is 0. The fourth-order valence-electron chi connectivity index (χ4n) is 3.60. The van der Waals surface area contributed by atoms with E-state index in [0.29, 0.717) is 18.7 Å². The normalized spacial score (nSPS) is 13.3. The smallest absolute Gasteiger partial charge is 0.255 e. The minimum atomic E-state index is -0.158. The van der Waals surface area contributed by atoms with E-state index in [-0.39, 0.29) is 17.8 Å². The van der Waals surface area contributed by atoms with Crippen molar-refractivity contribution in [2.24, 2.45) is 11.5 Å². The molecular weight excluding hydrogens is 390 g/mol. The predicted molar refractivity (Wildman–Crippen MR) is 125 cm³/mol. The van der Waals surface area contributed by atoms with Crippen LogP contribution < -0.4 is 22.1 Å². The van der Waals surface area contributed by atoms with Crippen molar-refractivity contribution in [3.8, 4) is 0 Å². The van der Waals surface area contributed by atoms with Gasteiger partial charge < -0.3 is 27.0 Å². The van der Waals surface area contributed by atoms with Gasteiger partial charge in [0.25, 0.3) is 5.91 Å². The highest BCUT2D eigenvalue weighted by Gasteiger charge is 2.15. The number of rotatable bonds is 6.